The number of carbonyl (C=O) groups is 1. The van der Waals surface area contributed by atoms with Gasteiger partial charge in [-0.3, -0.25) is 9.59 Å². The number of pyridine rings is 1. The van der Waals surface area contributed by atoms with Gasteiger partial charge >= 0.3 is 0 Å². The molecule has 3 aromatic rings. The molecule has 5 atom stereocenters. The third-order valence-corrected chi connectivity index (χ3v) is 7.84. The molecular weight excluding hydrogens is 448 g/mol. The molecule has 2 aromatic heterocycles. The monoisotopic (exact) mass is 476 g/mol. The molecule has 0 saturated carbocycles. The van der Waals surface area contributed by atoms with Gasteiger partial charge in [-0.25, -0.2) is 10.2 Å². The van der Waals surface area contributed by atoms with Crippen molar-refractivity contribution >= 4 is 17.3 Å². The van der Waals surface area contributed by atoms with Crippen molar-refractivity contribution in [2.24, 2.45) is 11.8 Å². The number of amides is 1. The Labute approximate surface area is 201 Å². The van der Waals surface area contributed by atoms with Gasteiger partial charge in [-0.1, -0.05) is 6.07 Å². The highest BCUT2D eigenvalue weighted by Crippen LogP contribution is 2.47. The van der Waals surface area contributed by atoms with E-state index in [1.165, 1.54) is 0 Å². The fourth-order valence-electron chi connectivity index (χ4n) is 6.36. The van der Waals surface area contributed by atoms with Gasteiger partial charge in [0, 0.05) is 79.5 Å². The Morgan fingerprint density at radius 1 is 1.29 bits per heavy atom. The Morgan fingerprint density at radius 2 is 2.17 bits per heavy atom. The minimum absolute atomic E-state index is 0.00789. The number of hydrogen-bond acceptors (Lipinski definition) is 6. The van der Waals surface area contributed by atoms with Crippen LogP contribution < -0.4 is 21.0 Å². The Balaban J connectivity index is 1.34. The quantitative estimate of drug-likeness (QED) is 0.397. The number of anilines is 1. The topological polar surface area (TPSA) is 131 Å². The minimum atomic E-state index is -0.973. The maximum Gasteiger partial charge on any atom is 0.250 e. The molecule has 3 aliphatic rings. The molecule has 0 aliphatic carbocycles. The summed E-state index contributed by atoms with van der Waals surface area (Å²) in [5.74, 6) is -0.0270. The molecule has 0 spiro atoms. The lowest BCUT2D eigenvalue weighted by atomic mass is 9.70. The second-order valence-electron chi connectivity index (χ2n) is 9.81. The van der Waals surface area contributed by atoms with Gasteiger partial charge in [0.15, 0.2) is 5.69 Å². The molecule has 1 aromatic carbocycles. The normalized spacial score (nSPS) is 25.3. The first kappa shape index (κ1) is 22.0. The highest BCUT2D eigenvalue weighted by atomic mass is 16.8. The summed E-state index contributed by atoms with van der Waals surface area (Å²) in [4.78, 5) is 35.5. The first-order valence-electron chi connectivity index (χ1n) is 12.1. The van der Waals surface area contributed by atoms with Crippen molar-refractivity contribution in [2.45, 2.75) is 37.8 Å². The standard InChI is InChI=1S/C25H28N6O4/c32-23-3-1-2-21-16-8-17(13-29(21)23)24-20(25(33)27-7-6-18-11-26-14-28-18)10-15-9-19(31(34)35)4-5-22(15)30(24)12-16/h1-5,9,11,14,16-17,20,24,31,34H,6-8,10,12-13H2,(H,26,28)(H,27,33)/t16?,17?,20-,24+/m1/s1. The van der Waals surface area contributed by atoms with Gasteiger partial charge in [0.1, 0.15) is 0 Å². The highest BCUT2D eigenvalue weighted by Gasteiger charge is 2.49. The number of rotatable bonds is 5. The maximum absolute atomic E-state index is 13.5. The van der Waals surface area contributed by atoms with Crippen molar-refractivity contribution in [3.63, 3.8) is 0 Å². The molecule has 2 bridgehead atoms. The van der Waals surface area contributed by atoms with Crippen LogP contribution in [0.3, 0.4) is 0 Å². The van der Waals surface area contributed by atoms with E-state index in [-0.39, 0.29) is 40.9 Å². The Hall–Kier alpha value is -3.47. The second-order valence-corrected chi connectivity index (χ2v) is 9.81. The second kappa shape index (κ2) is 8.63. The smallest absolute Gasteiger partial charge is 0.250 e. The van der Waals surface area contributed by atoms with Crippen LogP contribution in [0.25, 0.3) is 0 Å². The molecule has 1 fully saturated rings. The molecule has 3 aliphatic heterocycles. The number of quaternary nitrogens is 1. The zero-order chi connectivity index (χ0) is 24.1. The van der Waals surface area contributed by atoms with Crippen molar-refractivity contribution in [2.75, 3.05) is 18.0 Å². The number of imidazole rings is 1. The van der Waals surface area contributed by atoms with Crippen LogP contribution >= 0.6 is 0 Å². The van der Waals surface area contributed by atoms with E-state index in [1.54, 1.807) is 30.7 Å². The molecule has 0 radical (unpaired) electrons. The summed E-state index contributed by atoms with van der Waals surface area (Å²) in [5, 5.41) is 23.3. The molecule has 1 saturated heterocycles. The predicted octanol–water partition coefficient (Wildman–Crippen LogP) is 0.498. The first-order valence-corrected chi connectivity index (χ1v) is 12.1. The summed E-state index contributed by atoms with van der Waals surface area (Å²) in [6.07, 6.45) is 5.43. The minimum Gasteiger partial charge on any atom is -0.595 e. The fraction of sp³-hybridized carbons (Fsp3) is 0.400. The largest absolute Gasteiger partial charge is 0.595 e. The van der Waals surface area contributed by atoms with Crippen LogP contribution in [-0.4, -0.2) is 44.8 Å². The van der Waals surface area contributed by atoms with E-state index in [1.807, 2.05) is 22.8 Å². The number of aromatic amines is 1. The van der Waals surface area contributed by atoms with Crippen LogP contribution in [0.2, 0.25) is 0 Å². The third-order valence-electron chi connectivity index (χ3n) is 7.84. The molecule has 35 heavy (non-hydrogen) atoms. The first-order chi connectivity index (χ1) is 17.0. The van der Waals surface area contributed by atoms with Gasteiger partial charge < -0.3 is 25.0 Å². The molecule has 4 N–H and O–H groups in total. The van der Waals surface area contributed by atoms with Gasteiger partial charge in [0.05, 0.1) is 12.2 Å². The van der Waals surface area contributed by atoms with Crippen LogP contribution in [0.15, 0.2) is 53.7 Å². The van der Waals surface area contributed by atoms with E-state index in [2.05, 4.69) is 20.2 Å². The molecule has 10 heteroatoms. The maximum atomic E-state index is 13.5. The third kappa shape index (κ3) is 3.83. The van der Waals surface area contributed by atoms with Crippen LogP contribution in [0.5, 0.6) is 0 Å². The molecule has 5 heterocycles. The van der Waals surface area contributed by atoms with E-state index in [9.17, 15) is 20.0 Å². The van der Waals surface area contributed by atoms with E-state index < -0.39 is 5.23 Å². The van der Waals surface area contributed by atoms with Gasteiger partial charge in [-0.05, 0) is 36.5 Å². The van der Waals surface area contributed by atoms with Crippen molar-refractivity contribution < 1.29 is 15.2 Å². The lowest BCUT2D eigenvalue weighted by molar-refractivity contribution is -0.991. The highest BCUT2D eigenvalue weighted by molar-refractivity contribution is 5.82. The number of aromatic nitrogens is 3. The molecule has 6 rings (SSSR count). The van der Waals surface area contributed by atoms with Gasteiger partial charge in [-0.15, -0.1) is 0 Å². The van der Waals surface area contributed by atoms with Crippen LogP contribution in [0.4, 0.5) is 11.4 Å². The lowest BCUT2D eigenvalue weighted by Crippen LogP contribution is -2.99. The summed E-state index contributed by atoms with van der Waals surface area (Å²) < 4.78 is 1.88. The average molecular weight is 477 g/mol. The number of hydrogen-bond donors (Lipinski definition) is 4. The number of carbonyl (C=O) groups excluding carboxylic acids is 1. The Kier molecular flexibility index (Phi) is 5.43. The summed E-state index contributed by atoms with van der Waals surface area (Å²) in [5.41, 5.74) is 4.13. The number of piperidine rings is 1. The summed E-state index contributed by atoms with van der Waals surface area (Å²) in [7, 11) is 0. The van der Waals surface area contributed by atoms with E-state index in [4.69, 9.17) is 0 Å². The van der Waals surface area contributed by atoms with Crippen LogP contribution in [-0.2, 0) is 24.2 Å². The van der Waals surface area contributed by atoms with E-state index in [0.29, 0.717) is 32.5 Å². The zero-order valence-electron chi connectivity index (χ0n) is 19.2. The predicted molar refractivity (Wildman–Crippen MR) is 127 cm³/mol. The number of nitrogens with one attached hydrogen (secondary N) is 3. The number of nitrogens with zero attached hydrogens (tertiary/aromatic N) is 3. The number of fused-ring (bicyclic) bond motifs is 8. The van der Waals surface area contributed by atoms with Crippen molar-refractivity contribution in [1.82, 2.24) is 19.9 Å². The van der Waals surface area contributed by atoms with E-state index >= 15 is 0 Å². The fourth-order valence-corrected chi connectivity index (χ4v) is 6.36. The Morgan fingerprint density at radius 3 is 2.97 bits per heavy atom. The zero-order valence-corrected chi connectivity index (χ0v) is 19.2. The molecule has 3 unspecified atom stereocenters. The molecule has 182 valence electrons. The SMILES string of the molecule is O=C(NCCc1cnc[nH]1)[C@@H]1Cc2cc([NH+]([O-])O)ccc2N2CC3CC(Cn4c3cccc4=O)[C@@H]12. The van der Waals surface area contributed by atoms with Crippen molar-refractivity contribution in [3.05, 3.63) is 81.4 Å². The average Bonchev–Trinajstić information content (AvgIpc) is 3.37. The summed E-state index contributed by atoms with van der Waals surface area (Å²) in [6, 6.07) is 10.6. The van der Waals surface area contributed by atoms with Crippen molar-refractivity contribution in [3.8, 4) is 0 Å². The Bertz CT molecular complexity index is 1300. The van der Waals surface area contributed by atoms with Gasteiger partial charge in [0.25, 0.3) is 5.56 Å². The lowest BCUT2D eigenvalue weighted by Gasteiger charge is -2.54. The van der Waals surface area contributed by atoms with Crippen LogP contribution in [0.1, 0.15) is 29.3 Å². The summed E-state index contributed by atoms with van der Waals surface area (Å²) >= 11 is 0. The van der Waals surface area contributed by atoms with Gasteiger partial charge in [-0.2, -0.15) is 5.23 Å². The summed E-state index contributed by atoms with van der Waals surface area (Å²) in [6.45, 7) is 1.77. The molecular formula is C25H28N6O4. The van der Waals surface area contributed by atoms with Gasteiger partial charge in [0.2, 0.25) is 5.91 Å². The number of H-pyrrole nitrogens is 1. The molecule has 10 nitrogen and oxygen atoms in total. The molecule has 1 amide bonds. The number of benzene rings is 1. The van der Waals surface area contributed by atoms with Crippen LogP contribution in [0, 0.1) is 17.0 Å². The van der Waals surface area contributed by atoms with Crippen molar-refractivity contribution in [1.29, 1.82) is 0 Å². The van der Waals surface area contributed by atoms with E-state index in [0.717, 1.165) is 29.1 Å².